The van der Waals surface area contributed by atoms with Crippen LogP contribution >= 0.6 is 0 Å². The Morgan fingerprint density at radius 2 is 1.95 bits per heavy atom. The summed E-state index contributed by atoms with van der Waals surface area (Å²) in [6, 6.07) is 13.8. The van der Waals surface area contributed by atoms with Crippen molar-refractivity contribution in [3.05, 3.63) is 65.9 Å². The van der Waals surface area contributed by atoms with Crippen molar-refractivity contribution in [2.24, 2.45) is 0 Å². The lowest BCUT2D eigenvalue weighted by molar-refractivity contribution is -0.137. The Hall–Kier alpha value is -3.94. The number of hydrogen-bond donors (Lipinski definition) is 3. The van der Waals surface area contributed by atoms with Crippen molar-refractivity contribution in [2.45, 2.75) is 31.8 Å². The van der Waals surface area contributed by atoms with Crippen LogP contribution < -0.4 is 25.7 Å². The number of benzene rings is 2. The number of hydrazine groups is 1. The molecule has 212 valence electrons. The molecule has 1 fully saturated rings. The smallest absolute Gasteiger partial charge is 0.421 e. The summed E-state index contributed by atoms with van der Waals surface area (Å²) in [7, 11) is 1.56. The van der Waals surface area contributed by atoms with Crippen LogP contribution in [0.5, 0.6) is 5.75 Å². The van der Waals surface area contributed by atoms with Gasteiger partial charge in [0.15, 0.2) is 0 Å². The highest BCUT2D eigenvalue weighted by Gasteiger charge is 2.38. The minimum absolute atomic E-state index is 0.00509. The van der Waals surface area contributed by atoms with Gasteiger partial charge in [0.2, 0.25) is 5.95 Å². The molecule has 2 aliphatic heterocycles. The van der Waals surface area contributed by atoms with E-state index in [1.807, 2.05) is 35.3 Å². The summed E-state index contributed by atoms with van der Waals surface area (Å²) in [6.45, 7) is 5.38. The van der Waals surface area contributed by atoms with E-state index in [4.69, 9.17) is 9.47 Å². The molecule has 0 radical (unpaired) electrons. The number of piperazine rings is 1. The van der Waals surface area contributed by atoms with Crippen molar-refractivity contribution in [3.8, 4) is 5.75 Å². The standard InChI is InChI=1S/C27H30F3N7O3/c1-26(2)16-40-20-11-7-10-19(22(20)24(38)35-26)33-23-18(27(28,29)30)14-32-25(34-23)37(17-8-5-4-6-9-17)36-13-12-31-15-21(36)39-3/h4-11,14,21,31H,12-13,15-16H2,1-3H3,(H,35,38)(H,32,33,34). The molecule has 10 nitrogen and oxygen atoms in total. The number of nitrogens with one attached hydrogen (secondary N) is 3. The molecule has 1 amide bonds. The number of para-hydroxylation sites is 1. The van der Waals surface area contributed by atoms with Crippen molar-refractivity contribution in [1.82, 2.24) is 25.6 Å². The SMILES string of the molecule is COC1CNCCN1N(c1ccccc1)c1ncc(C(F)(F)F)c(Nc2cccc3c2C(=O)NC(C)(C)CO3)n1. The van der Waals surface area contributed by atoms with Gasteiger partial charge in [-0.3, -0.25) is 4.79 Å². The lowest BCUT2D eigenvalue weighted by Gasteiger charge is -2.42. The van der Waals surface area contributed by atoms with Gasteiger partial charge < -0.3 is 25.4 Å². The molecule has 5 rings (SSSR count). The molecule has 3 N–H and O–H groups in total. The number of rotatable bonds is 6. The Morgan fingerprint density at radius 3 is 2.67 bits per heavy atom. The van der Waals surface area contributed by atoms with E-state index < -0.39 is 35.2 Å². The van der Waals surface area contributed by atoms with E-state index >= 15 is 0 Å². The molecule has 1 saturated heterocycles. The van der Waals surface area contributed by atoms with Crippen molar-refractivity contribution in [1.29, 1.82) is 0 Å². The van der Waals surface area contributed by atoms with E-state index in [1.54, 1.807) is 38.1 Å². The summed E-state index contributed by atoms with van der Waals surface area (Å²) in [6.07, 6.45) is -4.45. The Kier molecular flexibility index (Phi) is 7.53. The van der Waals surface area contributed by atoms with Gasteiger partial charge in [0, 0.05) is 32.9 Å². The van der Waals surface area contributed by atoms with Gasteiger partial charge in [0.05, 0.1) is 16.9 Å². The Bertz CT molecular complexity index is 1370. The molecule has 0 aliphatic carbocycles. The van der Waals surface area contributed by atoms with Gasteiger partial charge in [-0.15, -0.1) is 0 Å². The number of nitrogens with zero attached hydrogens (tertiary/aromatic N) is 4. The maximum atomic E-state index is 14.2. The number of halogens is 3. The number of carbonyl (C=O) groups excluding carboxylic acids is 1. The Morgan fingerprint density at radius 1 is 1.18 bits per heavy atom. The molecule has 2 aromatic carbocycles. The van der Waals surface area contributed by atoms with Crippen LogP contribution in [-0.2, 0) is 10.9 Å². The summed E-state index contributed by atoms with van der Waals surface area (Å²) in [4.78, 5) is 21.6. The first-order valence-electron chi connectivity index (χ1n) is 12.7. The van der Waals surface area contributed by atoms with E-state index in [0.29, 0.717) is 25.3 Å². The number of amides is 1. The van der Waals surface area contributed by atoms with Gasteiger partial charge in [-0.1, -0.05) is 24.3 Å². The molecular weight excluding hydrogens is 527 g/mol. The molecule has 0 saturated carbocycles. The van der Waals surface area contributed by atoms with E-state index in [9.17, 15) is 18.0 Å². The average molecular weight is 558 g/mol. The largest absolute Gasteiger partial charge is 0.490 e. The maximum absolute atomic E-state index is 14.2. The van der Waals surface area contributed by atoms with Gasteiger partial charge in [-0.05, 0) is 38.1 Å². The second-order valence-corrected chi connectivity index (χ2v) is 10.1. The quantitative estimate of drug-likeness (QED) is 0.414. The van der Waals surface area contributed by atoms with Gasteiger partial charge in [-0.25, -0.2) is 9.99 Å². The number of hydrogen-bond acceptors (Lipinski definition) is 9. The van der Waals surface area contributed by atoms with Crippen LogP contribution in [0.3, 0.4) is 0 Å². The van der Waals surface area contributed by atoms with Crippen LogP contribution in [0.15, 0.2) is 54.7 Å². The zero-order chi connectivity index (χ0) is 28.5. The first-order chi connectivity index (χ1) is 19.1. The summed E-state index contributed by atoms with van der Waals surface area (Å²) < 4.78 is 54.0. The van der Waals surface area contributed by atoms with Crippen molar-refractivity contribution < 1.29 is 27.4 Å². The Balaban J connectivity index is 1.61. The number of anilines is 4. The fourth-order valence-electron chi connectivity index (χ4n) is 4.61. The normalized spacial score (nSPS) is 19.1. The van der Waals surface area contributed by atoms with Gasteiger partial charge >= 0.3 is 6.18 Å². The molecule has 1 atom stereocenters. The molecule has 3 heterocycles. The minimum atomic E-state index is -4.77. The van der Waals surface area contributed by atoms with Crippen molar-refractivity contribution in [3.63, 3.8) is 0 Å². The average Bonchev–Trinajstić information content (AvgIpc) is 3.04. The van der Waals surface area contributed by atoms with Crippen LogP contribution in [0.25, 0.3) is 0 Å². The third kappa shape index (κ3) is 5.67. The monoisotopic (exact) mass is 557 g/mol. The van der Waals surface area contributed by atoms with E-state index in [-0.39, 0.29) is 29.6 Å². The van der Waals surface area contributed by atoms with Crippen LogP contribution in [0.2, 0.25) is 0 Å². The third-order valence-corrected chi connectivity index (χ3v) is 6.52. The van der Waals surface area contributed by atoms with Crippen molar-refractivity contribution >= 4 is 29.0 Å². The molecule has 13 heteroatoms. The molecule has 0 bridgehead atoms. The predicted molar refractivity (Wildman–Crippen MR) is 143 cm³/mol. The summed E-state index contributed by atoms with van der Waals surface area (Å²) >= 11 is 0. The minimum Gasteiger partial charge on any atom is -0.490 e. The number of carbonyl (C=O) groups is 1. The highest BCUT2D eigenvalue weighted by molar-refractivity contribution is 6.03. The predicted octanol–water partition coefficient (Wildman–Crippen LogP) is 4.07. The third-order valence-electron chi connectivity index (χ3n) is 6.52. The van der Waals surface area contributed by atoms with E-state index in [0.717, 1.165) is 6.20 Å². The summed E-state index contributed by atoms with van der Waals surface area (Å²) in [5, 5.41) is 12.4. The Labute approximate surface area is 229 Å². The second kappa shape index (κ2) is 10.9. The first kappa shape index (κ1) is 27.6. The van der Waals surface area contributed by atoms with Gasteiger partial charge in [0.25, 0.3) is 5.91 Å². The first-order valence-corrected chi connectivity index (χ1v) is 12.7. The summed E-state index contributed by atoms with van der Waals surface area (Å²) in [5.74, 6) is -0.731. The van der Waals surface area contributed by atoms with Crippen molar-refractivity contribution in [2.75, 3.05) is 43.7 Å². The molecule has 2 aliphatic rings. The van der Waals surface area contributed by atoms with Crippen LogP contribution in [0.1, 0.15) is 29.8 Å². The fraction of sp³-hybridized carbons (Fsp3) is 0.370. The lowest BCUT2D eigenvalue weighted by atomic mass is 10.1. The van der Waals surface area contributed by atoms with Crippen LogP contribution in [-0.4, -0.2) is 66.0 Å². The zero-order valence-corrected chi connectivity index (χ0v) is 22.2. The number of alkyl halides is 3. The lowest BCUT2D eigenvalue weighted by Crippen LogP contribution is -2.58. The fourth-order valence-corrected chi connectivity index (χ4v) is 4.61. The summed E-state index contributed by atoms with van der Waals surface area (Å²) in [5.41, 5.74) is -0.917. The molecule has 3 aromatic rings. The molecule has 40 heavy (non-hydrogen) atoms. The molecular formula is C27H30F3N7O3. The number of methoxy groups -OCH3 is 1. The zero-order valence-electron chi connectivity index (χ0n) is 22.2. The topological polar surface area (TPSA) is 104 Å². The number of aromatic nitrogens is 2. The molecule has 1 unspecified atom stereocenters. The highest BCUT2D eigenvalue weighted by atomic mass is 19.4. The number of fused-ring (bicyclic) bond motifs is 1. The van der Waals surface area contributed by atoms with Crippen LogP contribution in [0.4, 0.5) is 36.3 Å². The highest BCUT2D eigenvalue weighted by Crippen LogP contribution is 2.39. The van der Waals surface area contributed by atoms with E-state index in [1.165, 1.54) is 6.07 Å². The molecule has 0 spiro atoms. The number of ether oxygens (including phenoxy) is 2. The second-order valence-electron chi connectivity index (χ2n) is 10.1. The molecule has 1 aromatic heterocycles. The van der Waals surface area contributed by atoms with Crippen LogP contribution in [0, 0.1) is 0 Å². The maximum Gasteiger partial charge on any atom is 0.421 e. The van der Waals surface area contributed by atoms with Gasteiger partial charge in [-0.2, -0.15) is 23.2 Å². The van der Waals surface area contributed by atoms with E-state index in [2.05, 4.69) is 25.9 Å². The van der Waals surface area contributed by atoms with Gasteiger partial charge in [0.1, 0.15) is 35.5 Å².